The Morgan fingerprint density at radius 2 is 2.00 bits per heavy atom. The predicted octanol–water partition coefficient (Wildman–Crippen LogP) is 1.52. The van der Waals surface area contributed by atoms with Gasteiger partial charge in [0.2, 0.25) is 10.0 Å². The minimum atomic E-state index is -3.69. The van der Waals surface area contributed by atoms with Crippen LogP contribution in [0.25, 0.3) is 0 Å². The number of ether oxygens (including phenoxy) is 1. The lowest BCUT2D eigenvalue weighted by Crippen LogP contribution is -2.48. The number of rotatable bonds is 4. The fourth-order valence-corrected chi connectivity index (χ4v) is 5.78. The molecule has 2 atom stereocenters. The van der Waals surface area contributed by atoms with Crippen LogP contribution >= 0.6 is 23.7 Å². The molecule has 2 saturated heterocycles. The molecule has 6 nitrogen and oxygen atoms in total. The summed E-state index contributed by atoms with van der Waals surface area (Å²) >= 11 is 1.08. The number of thiophene rings is 1. The fourth-order valence-electron chi connectivity index (χ4n) is 3.19. The Hall–Kier alpha value is -0.670. The van der Waals surface area contributed by atoms with Crippen molar-refractivity contribution in [1.82, 2.24) is 10.0 Å². The van der Waals surface area contributed by atoms with Gasteiger partial charge in [-0.05, 0) is 37.1 Å². The van der Waals surface area contributed by atoms with Crippen LogP contribution in [0.15, 0.2) is 16.3 Å². The summed E-state index contributed by atoms with van der Waals surface area (Å²) in [6, 6.07) is 2.19. The van der Waals surface area contributed by atoms with Gasteiger partial charge in [-0.1, -0.05) is 0 Å². The van der Waals surface area contributed by atoms with Crippen molar-refractivity contribution in [3.05, 3.63) is 16.3 Å². The van der Waals surface area contributed by atoms with Crippen LogP contribution in [0.3, 0.4) is 0 Å². The van der Waals surface area contributed by atoms with Crippen molar-refractivity contribution in [3.8, 4) is 0 Å². The number of halogens is 1. The molecule has 2 aliphatic rings. The van der Waals surface area contributed by atoms with E-state index >= 15 is 0 Å². The maximum atomic E-state index is 12.5. The van der Waals surface area contributed by atoms with Gasteiger partial charge in [0.05, 0.1) is 7.11 Å². The number of sulfonamides is 1. The molecular weight excluding hydrogens is 348 g/mol. The Kier molecular flexibility index (Phi) is 5.50. The number of hydrogen-bond donors (Lipinski definition) is 2. The van der Waals surface area contributed by atoms with Crippen LogP contribution in [-0.4, -0.2) is 39.6 Å². The van der Waals surface area contributed by atoms with Gasteiger partial charge >= 0.3 is 5.97 Å². The molecule has 9 heteroatoms. The van der Waals surface area contributed by atoms with E-state index in [0.717, 1.165) is 37.0 Å². The first kappa shape index (κ1) is 17.7. The second-order valence-electron chi connectivity index (χ2n) is 5.53. The fraction of sp³-hybridized carbons (Fsp3) is 0.615. The molecule has 0 aromatic carbocycles. The van der Waals surface area contributed by atoms with Gasteiger partial charge in [-0.3, -0.25) is 0 Å². The van der Waals surface area contributed by atoms with Crippen molar-refractivity contribution in [2.45, 2.75) is 48.7 Å². The molecule has 2 fully saturated rings. The highest BCUT2D eigenvalue weighted by atomic mass is 35.5. The monoisotopic (exact) mass is 366 g/mol. The van der Waals surface area contributed by atoms with Gasteiger partial charge in [0.25, 0.3) is 0 Å². The molecule has 22 heavy (non-hydrogen) atoms. The number of fused-ring (bicyclic) bond motifs is 2. The summed E-state index contributed by atoms with van der Waals surface area (Å²) in [7, 11) is -2.44. The van der Waals surface area contributed by atoms with Crippen molar-refractivity contribution < 1.29 is 17.9 Å². The quantitative estimate of drug-likeness (QED) is 0.789. The number of nitrogens with one attached hydrogen (secondary N) is 2. The maximum Gasteiger partial charge on any atom is 0.349 e. The zero-order chi connectivity index (χ0) is 15.0. The molecule has 0 radical (unpaired) electrons. The normalized spacial score (nSPS) is 27.2. The van der Waals surface area contributed by atoms with Gasteiger partial charge < -0.3 is 10.1 Å². The molecule has 0 aliphatic carbocycles. The molecule has 0 amide bonds. The summed E-state index contributed by atoms with van der Waals surface area (Å²) in [5.74, 6) is -0.615. The number of piperidine rings is 1. The van der Waals surface area contributed by atoms with E-state index < -0.39 is 16.0 Å². The standard InChI is InChI=1S/C13H18N2O4S2.ClH/c1-19-13(16)12-11(4-5-20-12)21(17,18)15-10-6-8-2-3-9(7-10)14-8;/h4-5,8-10,14-15H,2-3,6-7H2,1H3;1H. The van der Waals surface area contributed by atoms with Crippen molar-refractivity contribution in [2.24, 2.45) is 0 Å². The van der Waals surface area contributed by atoms with E-state index in [4.69, 9.17) is 0 Å². The first-order chi connectivity index (χ1) is 9.99. The SMILES string of the molecule is COC(=O)c1sccc1S(=O)(=O)NC1CC2CCC(C1)N2.Cl. The highest BCUT2D eigenvalue weighted by Crippen LogP contribution is 2.29. The molecule has 2 aliphatic heterocycles. The summed E-state index contributed by atoms with van der Waals surface area (Å²) in [4.78, 5) is 11.8. The van der Waals surface area contributed by atoms with Crippen LogP contribution in [0.1, 0.15) is 35.4 Å². The van der Waals surface area contributed by atoms with Gasteiger partial charge in [0.1, 0.15) is 9.77 Å². The van der Waals surface area contributed by atoms with Gasteiger partial charge in [0.15, 0.2) is 0 Å². The third-order valence-corrected chi connectivity index (χ3v) is 6.67. The van der Waals surface area contributed by atoms with Crippen LogP contribution in [0.4, 0.5) is 0 Å². The van der Waals surface area contributed by atoms with Crippen LogP contribution in [0, 0.1) is 0 Å². The van der Waals surface area contributed by atoms with E-state index in [1.807, 2.05) is 0 Å². The molecule has 0 saturated carbocycles. The van der Waals surface area contributed by atoms with Crippen LogP contribution in [0.2, 0.25) is 0 Å². The van der Waals surface area contributed by atoms with Crippen molar-refractivity contribution in [2.75, 3.05) is 7.11 Å². The lowest BCUT2D eigenvalue weighted by Gasteiger charge is -2.29. The molecule has 2 unspecified atom stereocenters. The van der Waals surface area contributed by atoms with Gasteiger partial charge in [0, 0.05) is 18.1 Å². The lowest BCUT2D eigenvalue weighted by atomic mass is 10.0. The van der Waals surface area contributed by atoms with Crippen LogP contribution in [-0.2, 0) is 14.8 Å². The highest BCUT2D eigenvalue weighted by molar-refractivity contribution is 7.89. The second-order valence-corrected chi connectivity index (χ2v) is 8.13. The average molecular weight is 367 g/mol. The molecule has 3 rings (SSSR count). The molecular formula is C13H19ClN2O4S2. The van der Waals surface area contributed by atoms with Gasteiger partial charge in [-0.15, -0.1) is 23.7 Å². The van der Waals surface area contributed by atoms with Gasteiger partial charge in [-0.2, -0.15) is 0 Å². The minimum absolute atomic E-state index is 0. The molecule has 1 aromatic rings. The predicted molar refractivity (Wildman–Crippen MR) is 86.2 cm³/mol. The van der Waals surface area contributed by atoms with Gasteiger partial charge in [-0.25, -0.2) is 17.9 Å². The summed E-state index contributed by atoms with van der Waals surface area (Å²) in [5, 5.41) is 5.06. The number of carbonyl (C=O) groups is 1. The summed E-state index contributed by atoms with van der Waals surface area (Å²) in [5.41, 5.74) is 0. The highest BCUT2D eigenvalue weighted by Gasteiger charge is 2.36. The van der Waals surface area contributed by atoms with Crippen molar-refractivity contribution >= 4 is 39.7 Å². The Bertz CT molecular complexity index is 634. The third kappa shape index (κ3) is 3.46. The molecule has 2 bridgehead atoms. The number of carbonyl (C=O) groups excluding carboxylic acids is 1. The van der Waals surface area contributed by atoms with E-state index in [0.29, 0.717) is 12.1 Å². The van der Waals surface area contributed by atoms with Crippen LogP contribution < -0.4 is 10.0 Å². The molecule has 3 heterocycles. The molecule has 0 spiro atoms. The minimum Gasteiger partial charge on any atom is -0.465 e. The largest absolute Gasteiger partial charge is 0.465 e. The average Bonchev–Trinajstić information content (AvgIpc) is 3.05. The maximum absolute atomic E-state index is 12.5. The summed E-state index contributed by atoms with van der Waals surface area (Å²) in [6.07, 6.45) is 3.81. The summed E-state index contributed by atoms with van der Waals surface area (Å²) in [6.45, 7) is 0. The van der Waals surface area contributed by atoms with E-state index in [1.165, 1.54) is 13.2 Å². The molecule has 2 N–H and O–H groups in total. The van der Waals surface area contributed by atoms with Crippen molar-refractivity contribution in [1.29, 1.82) is 0 Å². The molecule has 1 aromatic heterocycles. The van der Waals surface area contributed by atoms with Crippen LogP contribution in [0.5, 0.6) is 0 Å². The molecule has 124 valence electrons. The summed E-state index contributed by atoms with van der Waals surface area (Å²) < 4.78 is 32.4. The zero-order valence-electron chi connectivity index (χ0n) is 12.1. The Morgan fingerprint density at radius 1 is 1.36 bits per heavy atom. The van der Waals surface area contributed by atoms with Crippen molar-refractivity contribution in [3.63, 3.8) is 0 Å². The number of hydrogen-bond acceptors (Lipinski definition) is 6. The first-order valence-corrected chi connectivity index (χ1v) is 9.30. The lowest BCUT2D eigenvalue weighted by molar-refractivity contribution is 0.0602. The first-order valence-electron chi connectivity index (χ1n) is 6.94. The smallest absolute Gasteiger partial charge is 0.349 e. The van der Waals surface area contributed by atoms with E-state index in [9.17, 15) is 13.2 Å². The second kappa shape index (κ2) is 6.84. The topological polar surface area (TPSA) is 84.5 Å². The van der Waals surface area contributed by atoms with E-state index in [2.05, 4.69) is 14.8 Å². The Morgan fingerprint density at radius 3 is 2.59 bits per heavy atom. The third-order valence-electron chi connectivity index (χ3n) is 4.08. The number of esters is 1. The van der Waals surface area contributed by atoms with E-state index in [1.54, 1.807) is 5.38 Å². The number of methoxy groups -OCH3 is 1. The van der Waals surface area contributed by atoms with E-state index in [-0.39, 0.29) is 28.2 Å². The Labute approximate surface area is 140 Å². The zero-order valence-corrected chi connectivity index (χ0v) is 14.5. The Balaban J connectivity index is 0.00000176.